The van der Waals surface area contributed by atoms with Crippen molar-refractivity contribution in [3.8, 4) is 0 Å². The van der Waals surface area contributed by atoms with Crippen LogP contribution in [0.5, 0.6) is 0 Å². The number of anilines is 1. The van der Waals surface area contributed by atoms with Gasteiger partial charge in [0.1, 0.15) is 17.1 Å². The highest BCUT2D eigenvalue weighted by molar-refractivity contribution is 5.93. The Labute approximate surface area is 112 Å². The Morgan fingerprint density at radius 2 is 2.20 bits per heavy atom. The van der Waals surface area contributed by atoms with E-state index in [9.17, 15) is 18.0 Å². The van der Waals surface area contributed by atoms with Crippen molar-refractivity contribution in [3.05, 3.63) is 23.4 Å². The summed E-state index contributed by atoms with van der Waals surface area (Å²) in [5.41, 5.74) is -2.06. The van der Waals surface area contributed by atoms with Crippen molar-refractivity contribution < 1.29 is 27.8 Å². The molecule has 1 atom stereocenters. The van der Waals surface area contributed by atoms with E-state index >= 15 is 0 Å². The smallest absolute Gasteiger partial charge is 0.433 e. The Morgan fingerprint density at radius 3 is 2.70 bits per heavy atom. The summed E-state index contributed by atoms with van der Waals surface area (Å²) >= 11 is 0. The van der Waals surface area contributed by atoms with Crippen molar-refractivity contribution in [3.63, 3.8) is 0 Å². The number of carbonyl (C=O) groups is 1. The lowest BCUT2D eigenvalue weighted by atomic mass is 10.0. The second-order valence-electron chi connectivity index (χ2n) is 4.88. The van der Waals surface area contributed by atoms with Crippen LogP contribution in [-0.4, -0.2) is 34.8 Å². The van der Waals surface area contributed by atoms with Crippen LogP contribution in [0.15, 0.2) is 12.1 Å². The number of rotatable bonds is 3. The molecule has 1 aliphatic heterocycles. The third-order valence-electron chi connectivity index (χ3n) is 3.06. The van der Waals surface area contributed by atoms with E-state index in [0.29, 0.717) is 19.1 Å². The Bertz CT molecular complexity index is 525. The first-order valence-corrected chi connectivity index (χ1v) is 5.89. The van der Waals surface area contributed by atoms with Crippen LogP contribution in [-0.2, 0) is 10.9 Å². The van der Waals surface area contributed by atoms with Crippen LogP contribution in [0, 0.1) is 0 Å². The van der Waals surface area contributed by atoms with Gasteiger partial charge in [0.05, 0.1) is 12.1 Å². The largest absolute Gasteiger partial charge is 0.478 e. The maximum Gasteiger partial charge on any atom is 0.433 e. The molecule has 1 fully saturated rings. The fraction of sp³-hybridized carbons (Fsp3) is 0.500. The number of hydrogen-bond acceptors (Lipinski definition) is 4. The molecule has 0 radical (unpaired) electrons. The van der Waals surface area contributed by atoms with Gasteiger partial charge in [-0.3, -0.25) is 0 Å². The number of halogens is 3. The van der Waals surface area contributed by atoms with Crippen molar-refractivity contribution in [2.24, 2.45) is 0 Å². The second-order valence-corrected chi connectivity index (χ2v) is 4.88. The van der Waals surface area contributed by atoms with Crippen molar-refractivity contribution in [1.29, 1.82) is 0 Å². The minimum atomic E-state index is -4.62. The minimum Gasteiger partial charge on any atom is -0.478 e. The van der Waals surface area contributed by atoms with E-state index in [1.54, 1.807) is 6.92 Å². The molecule has 0 aromatic carbocycles. The first kappa shape index (κ1) is 14.6. The van der Waals surface area contributed by atoms with Gasteiger partial charge in [0.25, 0.3) is 0 Å². The molecule has 2 heterocycles. The molecule has 20 heavy (non-hydrogen) atoms. The van der Waals surface area contributed by atoms with Crippen molar-refractivity contribution >= 4 is 11.8 Å². The van der Waals surface area contributed by atoms with Crippen molar-refractivity contribution in [2.75, 3.05) is 18.5 Å². The van der Waals surface area contributed by atoms with Crippen LogP contribution in [0.1, 0.15) is 29.4 Å². The molecule has 1 aliphatic rings. The van der Waals surface area contributed by atoms with Crippen LogP contribution >= 0.6 is 0 Å². The van der Waals surface area contributed by atoms with E-state index in [1.807, 2.05) is 0 Å². The van der Waals surface area contributed by atoms with Crippen LogP contribution in [0.3, 0.4) is 0 Å². The van der Waals surface area contributed by atoms with Crippen LogP contribution in [0.4, 0.5) is 19.0 Å². The average molecular weight is 290 g/mol. The van der Waals surface area contributed by atoms with Crippen LogP contribution < -0.4 is 5.32 Å². The van der Waals surface area contributed by atoms with Gasteiger partial charge in [-0.15, -0.1) is 0 Å². The number of hydrogen-bond donors (Lipinski definition) is 2. The maximum atomic E-state index is 12.6. The summed E-state index contributed by atoms with van der Waals surface area (Å²) in [6.07, 6.45) is -4.06. The lowest BCUT2D eigenvalue weighted by Gasteiger charge is -2.25. The maximum absolute atomic E-state index is 12.6. The highest BCUT2D eigenvalue weighted by Crippen LogP contribution is 2.31. The molecule has 1 aromatic heterocycles. The summed E-state index contributed by atoms with van der Waals surface area (Å²) in [6.45, 7) is 2.49. The van der Waals surface area contributed by atoms with Gasteiger partial charge in [0, 0.05) is 6.61 Å². The third-order valence-corrected chi connectivity index (χ3v) is 3.06. The first-order valence-electron chi connectivity index (χ1n) is 5.89. The number of alkyl halides is 3. The number of carboxylic acid groups (broad SMARTS) is 1. The normalized spacial score (nSPS) is 22.8. The Morgan fingerprint density at radius 1 is 1.50 bits per heavy atom. The Hall–Kier alpha value is -1.83. The van der Waals surface area contributed by atoms with E-state index in [-0.39, 0.29) is 18.0 Å². The zero-order valence-corrected chi connectivity index (χ0v) is 10.6. The Kier molecular flexibility index (Phi) is 3.59. The Balaban J connectivity index is 2.39. The number of aromatic carboxylic acids is 1. The molecular weight excluding hydrogens is 277 g/mol. The number of carboxylic acids is 1. The van der Waals surface area contributed by atoms with Crippen molar-refractivity contribution in [2.45, 2.75) is 25.1 Å². The van der Waals surface area contributed by atoms with E-state index < -0.39 is 23.4 Å². The molecule has 0 aliphatic carbocycles. The average Bonchev–Trinajstić information content (AvgIpc) is 2.74. The predicted octanol–water partition coefficient (Wildman–Crippen LogP) is 2.39. The van der Waals surface area contributed by atoms with Crippen LogP contribution in [0.2, 0.25) is 0 Å². The third kappa shape index (κ3) is 3.01. The van der Waals surface area contributed by atoms with Gasteiger partial charge in [-0.25, -0.2) is 9.78 Å². The fourth-order valence-electron chi connectivity index (χ4n) is 1.94. The molecule has 5 nitrogen and oxygen atoms in total. The first-order chi connectivity index (χ1) is 9.21. The van der Waals surface area contributed by atoms with E-state index in [2.05, 4.69) is 10.3 Å². The lowest BCUT2D eigenvalue weighted by Crippen LogP contribution is -2.36. The molecular formula is C12H13F3N2O3. The number of ether oxygens (including phenoxy) is 1. The summed E-state index contributed by atoms with van der Waals surface area (Å²) in [6, 6.07) is 1.56. The molecule has 0 amide bonds. The lowest BCUT2D eigenvalue weighted by molar-refractivity contribution is -0.141. The second kappa shape index (κ2) is 4.93. The molecule has 1 aromatic rings. The van der Waals surface area contributed by atoms with E-state index in [4.69, 9.17) is 9.84 Å². The molecule has 110 valence electrons. The number of pyridine rings is 1. The van der Waals surface area contributed by atoms with E-state index in [1.165, 1.54) is 0 Å². The zero-order chi connectivity index (χ0) is 15.0. The molecule has 1 unspecified atom stereocenters. The fourth-order valence-corrected chi connectivity index (χ4v) is 1.94. The van der Waals surface area contributed by atoms with Gasteiger partial charge in [-0.05, 0) is 25.5 Å². The summed E-state index contributed by atoms with van der Waals surface area (Å²) < 4.78 is 43.1. The van der Waals surface area contributed by atoms with Gasteiger partial charge in [-0.1, -0.05) is 0 Å². The highest BCUT2D eigenvalue weighted by atomic mass is 19.4. The van der Waals surface area contributed by atoms with Gasteiger partial charge in [0.15, 0.2) is 0 Å². The molecule has 2 rings (SSSR count). The van der Waals surface area contributed by atoms with Gasteiger partial charge < -0.3 is 15.2 Å². The van der Waals surface area contributed by atoms with Gasteiger partial charge >= 0.3 is 12.1 Å². The standard InChI is InChI=1S/C12H13F3N2O3/c1-11(4-5-20-6-11)17-9-7(10(18)19)2-3-8(16-9)12(13,14)15/h2-3H,4-6H2,1H3,(H,16,17)(H,18,19). The monoisotopic (exact) mass is 290 g/mol. The highest BCUT2D eigenvalue weighted by Gasteiger charge is 2.35. The minimum absolute atomic E-state index is 0.282. The molecule has 0 saturated carbocycles. The van der Waals surface area contributed by atoms with Crippen molar-refractivity contribution in [1.82, 2.24) is 4.98 Å². The molecule has 2 N–H and O–H groups in total. The summed E-state index contributed by atoms with van der Waals surface area (Å²) in [4.78, 5) is 14.5. The zero-order valence-electron chi connectivity index (χ0n) is 10.6. The number of nitrogens with one attached hydrogen (secondary N) is 1. The molecule has 0 bridgehead atoms. The topological polar surface area (TPSA) is 71.5 Å². The molecule has 1 saturated heterocycles. The number of aromatic nitrogens is 1. The quantitative estimate of drug-likeness (QED) is 0.894. The van der Waals surface area contributed by atoms with E-state index in [0.717, 1.165) is 6.07 Å². The van der Waals surface area contributed by atoms with Gasteiger partial charge in [-0.2, -0.15) is 13.2 Å². The SMILES string of the molecule is CC1(Nc2nc(C(F)(F)F)ccc2C(=O)O)CCOC1. The summed E-state index contributed by atoms with van der Waals surface area (Å²) in [5.74, 6) is -1.63. The molecule has 0 spiro atoms. The van der Waals surface area contributed by atoms with Crippen LogP contribution in [0.25, 0.3) is 0 Å². The summed E-state index contributed by atoms with van der Waals surface area (Å²) in [5, 5.41) is 11.8. The summed E-state index contributed by atoms with van der Waals surface area (Å²) in [7, 11) is 0. The number of nitrogens with zero attached hydrogens (tertiary/aromatic N) is 1. The predicted molar refractivity (Wildman–Crippen MR) is 63.7 cm³/mol. The molecule has 8 heteroatoms. The van der Waals surface area contributed by atoms with Gasteiger partial charge in [0.2, 0.25) is 0 Å².